The zero-order chi connectivity index (χ0) is 20.0. The van der Waals surface area contributed by atoms with Gasteiger partial charge in [0.15, 0.2) is 11.7 Å². The molecule has 1 N–H and O–H groups in total. The Balaban J connectivity index is 1.57. The largest absolute Gasteiger partial charge is 0.479 e. The van der Waals surface area contributed by atoms with Gasteiger partial charge in [-0.15, -0.1) is 0 Å². The second-order valence-electron chi connectivity index (χ2n) is 7.56. The van der Waals surface area contributed by atoms with Gasteiger partial charge in [0, 0.05) is 17.8 Å². The minimum Gasteiger partial charge on any atom is -0.479 e. The van der Waals surface area contributed by atoms with Crippen molar-refractivity contribution in [2.75, 3.05) is 6.54 Å². The lowest BCUT2D eigenvalue weighted by atomic mass is 9.92. The van der Waals surface area contributed by atoms with Gasteiger partial charge >= 0.3 is 5.97 Å². The van der Waals surface area contributed by atoms with Gasteiger partial charge in [-0.1, -0.05) is 42.5 Å². The number of carbonyl (C=O) groups excluding carboxylic acids is 1. The van der Waals surface area contributed by atoms with Gasteiger partial charge in [-0.3, -0.25) is 4.79 Å². The molecule has 3 aromatic rings. The van der Waals surface area contributed by atoms with Crippen molar-refractivity contribution in [2.24, 2.45) is 0 Å². The van der Waals surface area contributed by atoms with Gasteiger partial charge in [0.2, 0.25) is 0 Å². The highest BCUT2D eigenvalue weighted by Crippen LogP contribution is 2.34. The van der Waals surface area contributed by atoms with Gasteiger partial charge in [0.25, 0.3) is 5.91 Å². The number of hydrogen-bond donors (Lipinski definition) is 1. The summed E-state index contributed by atoms with van der Waals surface area (Å²) in [5, 5.41) is 14.6. The number of carboxylic acid groups (broad SMARTS) is 1. The molecule has 1 aliphatic heterocycles. The zero-order valence-corrected chi connectivity index (χ0v) is 15.9. The second-order valence-corrected chi connectivity index (χ2v) is 7.56. The van der Waals surface area contributed by atoms with Gasteiger partial charge in [-0.2, -0.15) is 5.10 Å². The van der Waals surface area contributed by atoms with E-state index in [0.717, 1.165) is 41.8 Å². The number of hydrogen-bond acceptors (Lipinski definition) is 3. The molecule has 0 bridgehead atoms. The third-order valence-electron chi connectivity index (χ3n) is 5.91. The summed E-state index contributed by atoms with van der Waals surface area (Å²) in [4.78, 5) is 27.1. The molecule has 29 heavy (non-hydrogen) atoms. The average Bonchev–Trinajstić information content (AvgIpc) is 3.35. The van der Waals surface area contributed by atoms with Crippen LogP contribution < -0.4 is 0 Å². The molecule has 6 nitrogen and oxygen atoms in total. The van der Waals surface area contributed by atoms with E-state index in [-0.39, 0.29) is 5.91 Å². The van der Waals surface area contributed by atoms with Crippen LogP contribution in [0, 0.1) is 0 Å². The van der Waals surface area contributed by atoms with Gasteiger partial charge in [-0.25, -0.2) is 9.48 Å². The lowest BCUT2D eigenvalue weighted by Gasteiger charge is -2.34. The van der Waals surface area contributed by atoms with E-state index >= 15 is 0 Å². The summed E-state index contributed by atoms with van der Waals surface area (Å²) >= 11 is 0. The summed E-state index contributed by atoms with van der Waals surface area (Å²) in [5.41, 5.74) is 5.02. The van der Waals surface area contributed by atoms with Gasteiger partial charge in [0.05, 0.1) is 5.69 Å². The van der Waals surface area contributed by atoms with E-state index in [1.807, 2.05) is 53.2 Å². The predicted molar refractivity (Wildman–Crippen MR) is 107 cm³/mol. The topological polar surface area (TPSA) is 75.4 Å². The first-order chi connectivity index (χ1) is 14.1. The van der Waals surface area contributed by atoms with Crippen LogP contribution in [0.1, 0.15) is 45.3 Å². The number of carbonyl (C=O) groups is 2. The Morgan fingerprint density at radius 2 is 1.72 bits per heavy atom. The van der Waals surface area contributed by atoms with Crippen LogP contribution in [0.15, 0.2) is 54.6 Å². The van der Waals surface area contributed by atoms with E-state index in [1.54, 1.807) is 6.07 Å². The Hall–Kier alpha value is -3.41. The van der Waals surface area contributed by atoms with E-state index in [9.17, 15) is 14.7 Å². The first-order valence-corrected chi connectivity index (χ1v) is 9.93. The summed E-state index contributed by atoms with van der Waals surface area (Å²) in [6, 6.07) is 16.3. The summed E-state index contributed by atoms with van der Waals surface area (Å²) < 4.78 is 1.85. The molecule has 5 rings (SSSR count). The first-order valence-electron chi connectivity index (χ1n) is 9.93. The molecule has 0 saturated carbocycles. The van der Waals surface area contributed by atoms with E-state index < -0.39 is 12.0 Å². The molecule has 0 fully saturated rings. The number of carboxylic acids is 1. The third-order valence-corrected chi connectivity index (χ3v) is 5.91. The highest BCUT2D eigenvalue weighted by Gasteiger charge is 2.39. The normalized spacial score (nSPS) is 17.7. The summed E-state index contributed by atoms with van der Waals surface area (Å²) in [5.74, 6) is -1.30. The fraction of sp³-hybridized carbons (Fsp3) is 0.261. The van der Waals surface area contributed by atoms with Gasteiger partial charge in [0.1, 0.15) is 0 Å². The Labute approximate surface area is 168 Å². The molecular formula is C23H21N3O3. The molecule has 1 aromatic heterocycles. The smallest absolute Gasteiger partial charge is 0.331 e. The van der Waals surface area contributed by atoms with Crippen molar-refractivity contribution in [3.63, 3.8) is 0 Å². The minimum atomic E-state index is -1.01. The van der Waals surface area contributed by atoms with Gasteiger partial charge < -0.3 is 10.0 Å². The van der Waals surface area contributed by atoms with Crippen LogP contribution in [0.3, 0.4) is 0 Å². The molecule has 6 heteroatoms. The standard InChI is InChI=1S/C23H21N3O3/c27-22(25-14-13-15-7-4-5-10-17(15)21(25)23(28)29)20-18-11-6-12-19(18)26(24-20)16-8-2-1-3-9-16/h1-5,7-10,21H,6,11-14H2,(H,28,29). The number of para-hydroxylation sites is 1. The van der Waals surface area contributed by atoms with E-state index in [4.69, 9.17) is 0 Å². The Bertz CT molecular complexity index is 1100. The summed E-state index contributed by atoms with van der Waals surface area (Å²) in [7, 11) is 0. The fourth-order valence-electron chi connectivity index (χ4n) is 4.58. The molecule has 1 amide bonds. The molecule has 146 valence electrons. The maximum absolute atomic E-state index is 13.5. The van der Waals surface area contributed by atoms with Crippen molar-refractivity contribution in [1.29, 1.82) is 0 Å². The van der Waals surface area contributed by atoms with Crippen LogP contribution in [-0.4, -0.2) is 38.2 Å². The molecule has 2 aromatic carbocycles. The van der Waals surface area contributed by atoms with Crippen molar-refractivity contribution >= 4 is 11.9 Å². The highest BCUT2D eigenvalue weighted by molar-refractivity contribution is 5.97. The maximum Gasteiger partial charge on any atom is 0.331 e. The number of aromatic nitrogens is 2. The number of aliphatic carboxylic acids is 1. The van der Waals surface area contributed by atoms with Crippen LogP contribution in [0.2, 0.25) is 0 Å². The minimum absolute atomic E-state index is 0.292. The molecule has 1 unspecified atom stereocenters. The van der Waals surface area contributed by atoms with Crippen molar-refractivity contribution in [3.8, 4) is 5.69 Å². The number of benzene rings is 2. The molecule has 1 aliphatic carbocycles. The molecular weight excluding hydrogens is 366 g/mol. The number of nitrogens with zero attached hydrogens (tertiary/aromatic N) is 3. The van der Waals surface area contributed by atoms with Crippen molar-refractivity contribution in [3.05, 3.63) is 82.7 Å². The van der Waals surface area contributed by atoms with Crippen LogP contribution in [0.25, 0.3) is 5.69 Å². The molecule has 2 aliphatic rings. The Morgan fingerprint density at radius 1 is 0.966 bits per heavy atom. The Morgan fingerprint density at radius 3 is 2.52 bits per heavy atom. The number of amides is 1. The van der Waals surface area contributed by atoms with E-state index in [2.05, 4.69) is 5.10 Å². The molecule has 2 heterocycles. The maximum atomic E-state index is 13.5. The van der Waals surface area contributed by atoms with Crippen LogP contribution in [-0.2, 0) is 24.1 Å². The predicted octanol–water partition coefficient (Wildman–Crippen LogP) is 3.19. The number of fused-ring (bicyclic) bond motifs is 2. The highest BCUT2D eigenvalue weighted by atomic mass is 16.4. The number of rotatable bonds is 3. The molecule has 0 saturated heterocycles. The second kappa shape index (κ2) is 6.88. The van der Waals surface area contributed by atoms with Crippen LogP contribution in [0.5, 0.6) is 0 Å². The van der Waals surface area contributed by atoms with E-state index in [1.165, 1.54) is 4.90 Å². The lowest BCUT2D eigenvalue weighted by Crippen LogP contribution is -2.44. The van der Waals surface area contributed by atoms with E-state index in [0.29, 0.717) is 24.2 Å². The van der Waals surface area contributed by atoms with Crippen LogP contribution in [0.4, 0.5) is 0 Å². The summed E-state index contributed by atoms with van der Waals surface area (Å²) in [6.45, 7) is 0.375. The zero-order valence-electron chi connectivity index (χ0n) is 15.9. The molecule has 0 radical (unpaired) electrons. The fourth-order valence-corrected chi connectivity index (χ4v) is 4.58. The van der Waals surface area contributed by atoms with Crippen LogP contribution >= 0.6 is 0 Å². The first kappa shape index (κ1) is 17.7. The quantitative estimate of drug-likeness (QED) is 0.749. The molecule has 1 atom stereocenters. The monoisotopic (exact) mass is 387 g/mol. The Kier molecular flexibility index (Phi) is 4.19. The summed E-state index contributed by atoms with van der Waals surface area (Å²) in [6.07, 6.45) is 3.29. The van der Waals surface area contributed by atoms with Crippen molar-refractivity contribution in [2.45, 2.75) is 31.7 Å². The molecule has 0 spiro atoms. The van der Waals surface area contributed by atoms with Crippen molar-refractivity contribution < 1.29 is 14.7 Å². The SMILES string of the molecule is O=C(O)C1c2ccccc2CCN1C(=O)c1nn(-c2ccccc2)c2c1CCC2. The average molecular weight is 387 g/mol. The van der Waals surface area contributed by atoms with Crippen molar-refractivity contribution in [1.82, 2.24) is 14.7 Å². The third kappa shape index (κ3) is 2.83. The lowest BCUT2D eigenvalue weighted by molar-refractivity contribution is -0.143. The van der Waals surface area contributed by atoms with Gasteiger partial charge in [-0.05, 0) is 48.9 Å².